The molecule has 0 fully saturated rings. The zero-order chi connectivity index (χ0) is 18.4. The van der Waals surface area contributed by atoms with Crippen molar-refractivity contribution in [2.75, 3.05) is 13.2 Å². The minimum atomic E-state index is -0.413. The average Bonchev–Trinajstić information content (AvgIpc) is 2.65. The number of aromatic nitrogens is 1. The van der Waals surface area contributed by atoms with Crippen molar-refractivity contribution in [3.8, 4) is 23.3 Å². The zero-order valence-corrected chi connectivity index (χ0v) is 14.3. The summed E-state index contributed by atoms with van der Waals surface area (Å²) in [6, 6.07) is 15.3. The second-order valence-corrected chi connectivity index (χ2v) is 5.55. The topological polar surface area (TPSA) is 71.5 Å². The van der Waals surface area contributed by atoms with Crippen LogP contribution < -0.4 is 10.1 Å². The van der Waals surface area contributed by atoms with Gasteiger partial charge in [0, 0.05) is 18.3 Å². The molecule has 0 unspecified atom stereocenters. The number of benzene rings is 2. The Morgan fingerprint density at radius 3 is 2.77 bits per heavy atom. The highest BCUT2D eigenvalue weighted by molar-refractivity contribution is 5.94. The normalized spacial score (nSPS) is 10.0. The van der Waals surface area contributed by atoms with Crippen LogP contribution in [0.15, 0.2) is 54.7 Å². The van der Waals surface area contributed by atoms with Crippen molar-refractivity contribution in [3.05, 3.63) is 66.0 Å². The van der Waals surface area contributed by atoms with E-state index >= 15 is 0 Å². The number of nitrogens with one attached hydrogen (secondary N) is 1. The predicted octanol–water partition coefficient (Wildman–Crippen LogP) is 3.12. The Kier molecular flexibility index (Phi) is 5.35. The minimum absolute atomic E-state index is 0.00943. The van der Waals surface area contributed by atoms with Gasteiger partial charge < -0.3 is 15.2 Å². The lowest BCUT2D eigenvalue weighted by atomic mass is 10.1. The predicted molar refractivity (Wildman–Crippen MR) is 100 cm³/mol. The first-order chi connectivity index (χ1) is 12.7. The third kappa shape index (κ3) is 4.11. The first-order valence-corrected chi connectivity index (χ1v) is 8.25. The van der Waals surface area contributed by atoms with E-state index in [0.29, 0.717) is 12.1 Å². The highest BCUT2D eigenvalue weighted by Crippen LogP contribution is 2.20. The molecule has 0 aliphatic rings. The van der Waals surface area contributed by atoms with Crippen molar-refractivity contribution in [3.63, 3.8) is 0 Å². The van der Waals surface area contributed by atoms with Crippen LogP contribution in [0.3, 0.4) is 0 Å². The van der Waals surface area contributed by atoms with Gasteiger partial charge in [0.15, 0.2) is 5.69 Å². The summed E-state index contributed by atoms with van der Waals surface area (Å²) < 4.78 is 5.64. The number of rotatable bonds is 4. The van der Waals surface area contributed by atoms with Crippen molar-refractivity contribution in [2.45, 2.75) is 6.92 Å². The van der Waals surface area contributed by atoms with Crippen molar-refractivity contribution in [2.24, 2.45) is 0 Å². The molecule has 3 aromatic rings. The molecule has 0 spiro atoms. The first kappa shape index (κ1) is 17.3. The number of fused-ring (bicyclic) bond motifs is 1. The molecule has 0 saturated carbocycles. The van der Waals surface area contributed by atoms with Crippen LogP contribution in [-0.2, 0) is 0 Å². The number of nitrogens with zero attached hydrogens (tertiary/aromatic N) is 1. The van der Waals surface area contributed by atoms with Crippen molar-refractivity contribution in [1.82, 2.24) is 10.3 Å². The number of carbonyl (C=O) groups excluding carboxylic acids is 1. The SMILES string of the molecule is CCNC(=O)c1ncc(C#CCOc2ccc3ccccc3c2)cc1O. The maximum absolute atomic E-state index is 11.7. The molecule has 0 atom stereocenters. The molecule has 0 saturated heterocycles. The number of amides is 1. The summed E-state index contributed by atoms with van der Waals surface area (Å²) in [5.74, 6) is 5.87. The Morgan fingerprint density at radius 1 is 1.19 bits per heavy atom. The molecule has 0 aliphatic carbocycles. The number of ether oxygens (including phenoxy) is 1. The number of aromatic hydroxyl groups is 1. The third-order valence-corrected chi connectivity index (χ3v) is 3.68. The summed E-state index contributed by atoms with van der Waals surface area (Å²) in [6.07, 6.45) is 1.45. The van der Waals surface area contributed by atoms with Gasteiger partial charge in [0.2, 0.25) is 0 Å². The largest absolute Gasteiger partial charge is 0.505 e. The summed E-state index contributed by atoms with van der Waals surface area (Å²) >= 11 is 0. The lowest BCUT2D eigenvalue weighted by molar-refractivity contribution is 0.0948. The van der Waals surface area contributed by atoms with Crippen molar-refractivity contribution >= 4 is 16.7 Å². The van der Waals surface area contributed by atoms with E-state index in [1.165, 1.54) is 12.3 Å². The van der Waals surface area contributed by atoms with Crippen LogP contribution in [0, 0.1) is 11.8 Å². The Bertz CT molecular complexity index is 1000. The molecular weight excluding hydrogens is 328 g/mol. The number of pyridine rings is 1. The molecule has 3 rings (SSSR count). The fourth-order valence-corrected chi connectivity index (χ4v) is 2.46. The Hall–Kier alpha value is -3.52. The van der Waals surface area contributed by atoms with Crippen molar-refractivity contribution in [1.29, 1.82) is 0 Å². The molecule has 2 N–H and O–H groups in total. The molecule has 0 radical (unpaired) electrons. The summed E-state index contributed by atoms with van der Waals surface area (Å²) in [4.78, 5) is 15.7. The van der Waals surface area contributed by atoms with Crippen molar-refractivity contribution < 1.29 is 14.6 Å². The van der Waals surface area contributed by atoms with Gasteiger partial charge >= 0.3 is 0 Å². The van der Waals surface area contributed by atoms with Crippen LogP contribution in [0.4, 0.5) is 0 Å². The van der Waals surface area contributed by atoms with E-state index in [2.05, 4.69) is 22.1 Å². The third-order valence-electron chi connectivity index (χ3n) is 3.68. The molecule has 1 heterocycles. The monoisotopic (exact) mass is 346 g/mol. The fraction of sp³-hybridized carbons (Fsp3) is 0.143. The van der Waals surface area contributed by atoms with Gasteiger partial charge in [0.1, 0.15) is 18.1 Å². The van der Waals surface area contributed by atoms with E-state index in [1.807, 2.05) is 42.5 Å². The molecule has 26 heavy (non-hydrogen) atoms. The molecule has 5 nitrogen and oxygen atoms in total. The summed E-state index contributed by atoms with van der Waals surface area (Å²) in [7, 11) is 0. The number of carbonyl (C=O) groups is 1. The maximum Gasteiger partial charge on any atom is 0.273 e. The van der Waals surface area contributed by atoms with Gasteiger partial charge in [-0.15, -0.1) is 0 Å². The Labute approximate surface area is 151 Å². The molecule has 2 aromatic carbocycles. The highest BCUT2D eigenvalue weighted by atomic mass is 16.5. The van der Waals surface area contributed by atoms with E-state index in [-0.39, 0.29) is 18.1 Å². The Balaban J connectivity index is 1.64. The second-order valence-electron chi connectivity index (χ2n) is 5.55. The van der Waals surface area contributed by atoms with Gasteiger partial charge in [0.25, 0.3) is 5.91 Å². The zero-order valence-electron chi connectivity index (χ0n) is 14.3. The average molecular weight is 346 g/mol. The van der Waals surface area contributed by atoms with Gasteiger partial charge in [-0.05, 0) is 35.9 Å². The lowest BCUT2D eigenvalue weighted by Gasteiger charge is -2.04. The van der Waals surface area contributed by atoms with Crippen LogP contribution in [-0.4, -0.2) is 29.1 Å². The lowest BCUT2D eigenvalue weighted by Crippen LogP contribution is -2.23. The van der Waals surface area contributed by atoms with Crippen LogP contribution in [0.25, 0.3) is 10.8 Å². The van der Waals surface area contributed by atoms with E-state index in [1.54, 1.807) is 6.92 Å². The summed E-state index contributed by atoms with van der Waals surface area (Å²) in [5.41, 5.74) is 0.502. The van der Waals surface area contributed by atoms with E-state index in [0.717, 1.165) is 16.5 Å². The summed E-state index contributed by atoms with van der Waals surface area (Å²) in [5, 5.41) is 14.7. The van der Waals surface area contributed by atoms with Crippen LogP contribution in [0.5, 0.6) is 11.5 Å². The standard InChI is InChI=1S/C21H18N2O3/c1-2-22-21(25)20-19(24)12-15(14-23-20)6-5-11-26-18-10-9-16-7-3-4-8-17(16)13-18/h3-4,7-10,12-14,24H,2,11H2,1H3,(H,22,25). The van der Waals surface area contributed by atoms with Gasteiger partial charge in [0.05, 0.1) is 0 Å². The van der Waals surface area contributed by atoms with Gasteiger partial charge in [-0.25, -0.2) is 4.98 Å². The molecule has 0 bridgehead atoms. The minimum Gasteiger partial charge on any atom is -0.505 e. The van der Waals surface area contributed by atoms with Crippen LogP contribution in [0.1, 0.15) is 23.0 Å². The first-order valence-electron chi connectivity index (χ1n) is 8.25. The number of hydrogen-bond acceptors (Lipinski definition) is 4. The Morgan fingerprint density at radius 2 is 2.00 bits per heavy atom. The molecular formula is C21H18N2O3. The molecule has 5 heteroatoms. The second kappa shape index (κ2) is 8.04. The number of hydrogen-bond donors (Lipinski definition) is 2. The maximum atomic E-state index is 11.7. The van der Waals surface area contributed by atoms with Gasteiger partial charge in [-0.3, -0.25) is 4.79 Å². The van der Waals surface area contributed by atoms with E-state index in [9.17, 15) is 9.90 Å². The van der Waals surface area contributed by atoms with Crippen LogP contribution >= 0.6 is 0 Å². The van der Waals surface area contributed by atoms with E-state index < -0.39 is 5.91 Å². The summed E-state index contributed by atoms with van der Waals surface area (Å²) in [6.45, 7) is 2.47. The smallest absolute Gasteiger partial charge is 0.273 e. The van der Waals surface area contributed by atoms with E-state index in [4.69, 9.17) is 4.74 Å². The molecule has 1 amide bonds. The van der Waals surface area contributed by atoms with Crippen LogP contribution in [0.2, 0.25) is 0 Å². The van der Waals surface area contributed by atoms with Gasteiger partial charge in [-0.2, -0.15) is 0 Å². The highest BCUT2D eigenvalue weighted by Gasteiger charge is 2.11. The quantitative estimate of drug-likeness (QED) is 0.712. The molecule has 0 aliphatic heterocycles. The fourth-order valence-electron chi connectivity index (χ4n) is 2.46. The molecule has 130 valence electrons. The molecule has 1 aromatic heterocycles. The van der Waals surface area contributed by atoms with Gasteiger partial charge in [-0.1, -0.05) is 42.2 Å².